The molecule has 0 spiro atoms. The van der Waals surface area contributed by atoms with Crippen LogP contribution in [0.3, 0.4) is 0 Å². The van der Waals surface area contributed by atoms with Crippen molar-refractivity contribution in [2.45, 2.75) is 39.2 Å². The Bertz CT molecular complexity index is 418. The minimum absolute atomic E-state index is 0.0491. The lowest BCUT2D eigenvalue weighted by atomic mass is 10.0. The number of halogens is 2. The zero-order chi connectivity index (χ0) is 13.9. The van der Waals surface area contributed by atoms with Gasteiger partial charge in [-0.05, 0) is 6.92 Å². The zero-order valence-electron chi connectivity index (χ0n) is 10.4. The van der Waals surface area contributed by atoms with Crippen molar-refractivity contribution < 1.29 is 23.2 Å². The second-order valence-electron chi connectivity index (χ2n) is 4.27. The third-order valence-electron chi connectivity index (χ3n) is 2.40. The maximum atomic E-state index is 12.1. The molecule has 18 heavy (non-hydrogen) atoms. The highest BCUT2D eigenvalue weighted by Gasteiger charge is 2.24. The van der Waals surface area contributed by atoms with Crippen LogP contribution in [0, 0.1) is 6.92 Å². The number of carbonyl (C=O) groups excluding carboxylic acids is 1. The highest BCUT2D eigenvalue weighted by molar-refractivity contribution is 5.96. The smallest absolute Gasteiger partial charge is 0.265 e. The molecular formula is C11H16F2N2O3. The van der Waals surface area contributed by atoms with Gasteiger partial charge in [0.25, 0.3) is 12.3 Å². The third-order valence-corrected chi connectivity index (χ3v) is 2.40. The number of nitrogens with one attached hydrogen (secondary N) is 1. The van der Waals surface area contributed by atoms with Gasteiger partial charge in [-0.1, -0.05) is 19.0 Å². The summed E-state index contributed by atoms with van der Waals surface area (Å²) in [6, 6.07) is 0. The molecule has 1 aromatic rings. The molecular weight excluding hydrogens is 246 g/mol. The fourth-order valence-corrected chi connectivity index (χ4v) is 1.43. The highest BCUT2D eigenvalue weighted by atomic mass is 19.3. The maximum Gasteiger partial charge on any atom is 0.265 e. The van der Waals surface area contributed by atoms with Crippen molar-refractivity contribution in [3.8, 4) is 0 Å². The second-order valence-corrected chi connectivity index (χ2v) is 4.27. The molecule has 1 amide bonds. The van der Waals surface area contributed by atoms with Crippen molar-refractivity contribution in [1.29, 1.82) is 0 Å². The molecule has 0 aliphatic carbocycles. The Hall–Kier alpha value is -1.50. The molecule has 5 nitrogen and oxygen atoms in total. The van der Waals surface area contributed by atoms with Crippen LogP contribution in [-0.2, 0) is 0 Å². The summed E-state index contributed by atoms with van der Waals surface area (Å²) >= 11 is 0. The highest BCUT2D eigenvalue weighted by Crippen LogP contribution is 2.21. The molecule has 102 valence electrons. The third kappa shape index (κ3) is 3.25. The Morgan fingerprint density at radius 2 is 2.11 bits per heavy atom. The number of hydrogen-bond donors (Lipinski definition) is 2. The summed E-state index contributed by atoms with van der Waals surface area (Å²) in [5.74, 6) is -0.222. The summed E-state index contributed by atoms with van der Waals surface area (Å²) in [6.45, 7) is 4.72. The molecule has 1 unspecified atom stereocenters. The van der Waals surface area contributed by atoms with E-state index in [0.29, 0.717) is 11.5 Å². The van der Waals surface area contributed by atoms with E-state index in [1.54, 1.807) is 6.92 Å². The van der Waals surface area contributed by atoms with E-state index in [1.165, 1.54) is 0 Å². The van der Waals surface area contributed by atoms with Crippen LogP contribution in [0.4, 0.5) is 8.78 Å². The van der Waals surface area contributed by atoms with Crippen molar-refractivity contribution in [2.24, 2.45) is 0 Å². The van der Waals surface area contributed by atoms with Gasteiger partial charge in [-0.25, -0.2) is 8.78 Å². The summed E-state index contributed by atoms with van der Waals surface area (Å²) in [5.41, 5.74) is 0.634. The molecule has 1 rings (SSSR count). The van der Waals surface area contributed by atoms with Crippen LogP contribution in [0.15, 0.2) is 4.52 Å². The first-order valence-electron chi connectivity index (χ1n) is 5.55. The Labute approximate surface area is 103 Å². The topological polar surface area (TPSA) is 75.4 Å². The fourth-order valence-electron chi connectivity index (χ4n) is 1.43. The number of amides is 1. The van der Waals surface area contributed by atoms with Crippen molar-refractivity contribution in [2.75, 3.05) is 6.54 Å². The average Bonchev–Trinajstić information content (AvgIpc) is 2.67. The number of hydrogen-bond acceptors (Lipinski definition) is 4. The molecule has 0 radical (unpaired) electrons. The number of rotatable bonds is 5. The van der Waals surface area contributed by atoms with E-state index in [1.807, 2.05) is 13.8 Å². The van der Waals surface area contributed by atoms with Crippen LogP contribution in [0.2, 0.25) is 0 Å². The van der Waals surface area contributed by atoms with E-state index in [0.717, 1.165) is 0 Å². The SMILES string of the molecule is Cc1noc(C(C)C)c1C(=O)NCC(O)C(F)F. The molecule has 0 aromatic carbocycles. The molecule has 1 aromatic heterocycles. The number of aromatic nitrogens is 1. The standard InChI is InChI=1S/C11H16F2N2O3/c1-5(2)9-8(6(3)15-18-9)11(17)14-4-7(16)10(12)13/h5,7,10,16H,4H2,1-3H3,(H,14,17). The van der Waals surface area contributed by atoms with E-state index >= 15 is 0 Å². The van der Waals surface area contributed by atoms with Crippen LogP contribution in [0.5, 0.6) is 0 Å². The molecule has 0 aliphatic rings. The Morgan fingerprint density at radius 3 is 2.61 bits per heavy atom. The quantitative estimate of drug-likeness (QED) is 0.842. The molecule has 2 N–H and O–H groups in total. The lowest BCUT2D eigenvalue weighted by molar-refractivity contribution is -0.00271. The van der Waals surface area contributed by atoms with Gasteiger partial charge < -0.3 is 14.9 Å². The van der Waals surface area contributed by atoms with Gasteiger partial charge in [0.05, 0.1) is 5.69 Å². The maximum absolute atomic E-state index is 12.1. The first kappa shape index (κ1) is 14.6. The van der Waals surface area contributed by atoms with Gasteiger partial charge in [0, 0.05) is 12.5 Å². The van der Waals surface area contributed by atoms with Crippen molar-refractivity contribution in [3.63, 3.8) is 0 Å². The first-order chi connectivity index (χ1) is 8.34. The number of nitrogens with zero attached hydrogens (tertiary/aromatic N) is 1. The Morgan fingerprint density at radius 1 is 1.50 bits per heavy atom. The van der Waals surface area contributed by atoms with Gasteiger partial charge in [-0.3, -0.25) is 4.79 Å². The van der Waals surface area contributed by atoms with Gasteiger partial charge >= 0.3 is 0 Å². The van der Waals surface area contributed by atoms with Crippen LogP contribution in [0.25, 0.3) is 0 Å². The van der Waals surface area contributed by atoms with Crippen LogP contribution in [-0.4, -0.2) is 35.2 Å². The summed E-state index contributed by atoms with van der Waals surface area (Å²) in [4.78, 5) is 11.8. The Balaban J connectivity index is 2.75. The van der Waals surface area contributed by atoms with Crippen molar-refractivity contribution in [3.05, 3.63) is 17.0 Å². The van der Waals surface area contributed by atoms with E-state index in [2.05, 4.69) is 10.5 Å². The molecule has 0 saturated heterocycles. The minimum Gasteiger partial charge on any atom is -0.385 e. The summed E-state index contributed by atoms with van der Waals surface area (Å²) in [7, 11) is 0. The van der Waals surface area contributed by atoms with E-state index in [4.69, 9.17) is 9.63 Å². The molecule has 0 saturated carbocycles. The van der Waals surface area contributed by atoms with Crippen molar-refractivity contribution >= 4 is 5.91 Å². The fraction of sp³-hybridized carbons (Fsp3) is 0.636. The second kappa shape index (κ2) is 5.90. The molecule has 1 heterocycles. The lowest BCUT2D eigenvalue weighted by Crippen LogP contribution is -2.36. The average molecular weight is 262 g/mol. The number of alkyl halides is 2. The molecule has 0 fully saturated rings. The number of carbonyl (C=O) groups is 1. The van der Waals surface area contributed by atoms with Gasteiger partial charge in [0.1, 0.15) is 11.7 Å². The zero-order valence-corrected chi connectivity index (χ0v) is 10.4. The van der Waals surface area contributed by atoms with Crippen LogP contribution >= 0.6 is 0 Å². The predicted molar refractivity (Wildman–Crippen MR) is 59.7 cm³/mol. The Kier molecular flexibility index (Phi) is 4.77. The van der Waals surface area contributed by atoms with E-state index in [9.17, 15) is 13.6 Å². The van der Waals surface area contributed by atoms with E-state index in [-0.39, 0.29) is 11.5 Å². The number of aryl methyl sites for hydroxylation is 1. The van der Waals surface area contributed by atoms with Gasteiger partial charge in [0.15, 0.2) is 5.76 Å². The summed E-state index contributed by atoms with van der Waals surface area (Å²) in [6.07, 6.45) is -4.77. The molecule has 0 aliphatic heterocycles. The summed E-state index contributed by atoms with van der Waals surface area (Å²) in [5, 5.41) is 14.8. The number of aliphatic hydroxyl groups is 1. The number of aliphatic hydroxyl groups excluding tert-OH is 1. The molecule has 0 bridgehead atoms. The van der Waals surface area contributed by atoms with Crippen LogP contribution < -0.4 is 5.32 Å². The monoisotopic (exact) mass is 262 g/mol. The minimum atomic E-state index is -2.89. The van der Waals surface area contributed by atoms with Crippen molar-refractivity contribution in [1.82, 2.24) is 10.5 Å². The van der Waals surface area contributed by atoms with Gasteiger partial charge in [-0.15, -0.1) is 0 Å². The first-order valence-corrected chi connectivity index (χ1v) is 5.55. The predicted octanol–water partition coefficient (Wildman–Crippen LogP) is 1.46. The summed E-state index contributed by atoms with van der Waals surface area (Å²) < 4.78 is 29.2. The van der Waals surface area contributed by atoms with Gasteiger partial charge in [0.2, 0.25) is 0 Å². The van der Waals surface area contributed by atoms with Crippen LogP contribution in [0.1, 0.15) is 41.6 Å². The van der Waals surface area contributed by atoms with Gasteiger partial charge in [-0.2, -0.15) is 0 Å². The lowest BCUT2D eigenvalue weighted by Gasteiger charge is -2.11. The molecule has 7 heteroatoms. The largest absolute Gasteiger partial charge is 0.385 e. The molecule has 1 atom stereocenters. The normalized spacial score (nSPS) is 13.1. The van der Waals surface area contributed by atoms with E-state index < -0.39 is 25.0 Å².